The number of fused-ring (bicyclic) bond motifs is 1. The lowest BCUT2D eigenvalue weighted by Crippen LogP contribution is -2.44. The van der Waals surface area contributed by atoms with E-state index in [0.29, 0.717) is 46.1 Å². The van der Waals surface area contributed by atoms with Crippen molar-refractivity contribution in [3.63, 3.8) is 0 Å². The topological polar surface area (TPSA) is 103 Å². The minimum atomic E-state index is -4.60. The molecule has 0 spiro atoms. The van der Waals surface area contributed by atoms with E-state index >= 15 is 0 Å². The van der Waals surface area contributed by atoms with Crippen molar-refractivity contribution in [1.29, 1.82) is 0 Å². The van der Waals surface area contributed by atoms with Crippen molar-refractivity contribution in [2.24, 2.45) is 0 Å². The first-order chi connectivity index (χ1) is 20.5. The van der Waals surface area contributed by atoms with Gasteiger partial charge < -0.3 is 25.3 Å². The van der Waals surface area contributed by atoms with Crippen LogP contribution in [0.15, 0.2) is 54.7 Å². The lowest BCUT2D eigenvalue weighted by molar-refractivity contribution is -0.138. The van der Waals surface area contributed by atoms with E-state index < -0.39 is 23.6 Å². The van der Waals surface area contributed by atoms with Gasteiger partial charge in [0.05, 0.1) is 24.6 Å². The zero-order valence-corrected chi connectivity index (χ0v) is 24.3. The van der Waals surface area contributed by atoms with E-state index in [1.165, 1.54) is 19.2 Å². The zero-order chi connectivity index (χ0) is 30.7. The van der Waals surface area contributed by atoms with E-state index in [1.807, 2.05) is 11.9 Å². The Labute approximate surface area is 251 Å². The Morgan fingerprint density at radius 2 is 1.79 bits per heavy atom. The van der Waals surface area contributed by atoms with Crippen LogP contribution in [0.3, 0.4) is 0 Å². The number of H-pyrrole nitrogens is 1. The van der Waals surface area contributed by atoms with Crippen LogP contribution in [0.1, 0.15) is 37.5 Å². The van der Waals surface area contributed by atoms with Crippen LogP contribution < -0.4 is 10.6 Å². The van der Waals surface area contributed by atoms with Crippen LogP contribution in [0.4, 0.5) is 24.5 Å². The number of nitrogens with one attached hydrogen (secondary N) is 3. The van der Waals surface area contributed by atoms with E-state index in [1.54, 1.807) is 36.5 Å². The molecule has 43 heavy (non-hydrogen) atoms. The molecule has 2 aromatic carbocycles. The number of likely N-dealkylation sites (N-methyl/N-ethyl adjacent to an activating group) is 1. The number of benzene rings is 2. The normalized spacial score (nSPS) is 14.6. The van der Waals surface area contributed by atoms with Gasteiger partial charge in [-0.05, 0) is 60.6 Å². The summed E-state index contributed by atoms with van der Waals surface area (Å²) in [5.41, 5.74) is 1.71. The van der Waals surface area contributed by atoms with Crippen molar-refractivity contribution >= 4 is 45.9 Å². The third-order valence-electron chi connectivity index (χ3n) is 7.33. The van der Waals surface area contributed by atoms with Gasteiger partial charge in [-0.25, -0.2) is 9.78 Å². The molecule has 1 amide bonds. The molecule has 0 atom stereocenters. The Kier molecular flexibility index (Phi) is 8.90. The molecule has 4 aromatic rings. The number of methoxy groups -OCH3 is 1. The standard InChI is InChI=1S/C30H30ClF3N6O3/c1-39-7-9-40(10-8-39)17-19-4-3-18(13-24(19)30(32,33)34)28(41)37-22-5-6-25(31)21(12-22)15-35-23-11-20-14-26(29(42)43-2)38-27(20)36-16-23/h3-6,11-14,16,35H,7-10,15,17H2,1-2H3,(H,36,38)(H,37,41). The van der Waals surface area contributed by atoms with E-state index in [2.05, 4.69) is 25.5 Å². The summed E-state index contributed by atoms with van der Waals surface area (Å²) in [6.07, 6.45) is -3.01. The molecule has 2 aromatic heterocycles. The van der Waals surface area contributed by atoms with Crippen molar-refractivity contribution in [2.75, 3.05) is 51.0 Å². The monoisotopic (exact) mass is 614 g/mol. The summed E-state index contributed by atoms with van der Waals surface area (Å²) < 4.78 is 46.7. The first kappa shape index (κ1) is 30.3. The van der Waals surface area contributed by atoms with E-state index in [0.717, 1.165) is 19.2 Å². The Bertz CT molecular complexity index is 1650. The minimum absolute atomic E-state index is 0.0960. The van der Waals surface area contributed by atoms with Crippen molar-refractivity contribution in [3.05, 3.63) is 87.7 Å². The zero-order valence-electron chi connectivity index (χ0n) is 23.5. The van der Waals surface area contributed by atoms with Crippen LogP contribution in [0.2, 0.25) is 5.02 Å². The summed E-state index contributed by atoms with van der Waals surface area (Å²) in [5.74, 6) is -1.17. The number of aromatic nitrogens is 2. The number of nitrogens with zero attached hydrogens (tertiary/aromatic N) is 3. The van der Waals surface area contributed by atoms with Gasteiger partial charge in [0.1, 0.15) is 11.3 Å². The lowest BCUT2D eigenvalue weighted by Gasteiger charge is -2.33. The molecule has 0 bridgehead atoms. The van der Waals surface area contributed by atoms with Gasteiger partial charge in [0, 0.05) is 60.9 Å². The number of amides is 1. The van der Waals surface area contributed by atoms with Gasteiger partial charge >= 0.3 is 12.1 Å². The molecule has 3 N–H and O–H groups in total. The number of carbonyl (C=O) groups is 2. The number of pyridine rings is 1. The average molecular weight is 615 g/mol. The molecule has 0 aliphatic carbocycles. The Morgan fingerprint density at radius 1 is 1.02 bits per heavy atom. The minimum Gasteiger partial charge on any atom is -0.464 e. The Balaban J connectivity index is 1.27. The first-order valence-electron chi connectivity index (χ1n) is 13.5. The maximum atomic E-state index is 14.0. The van der Waals surface area contributed by atoms with Gasteiger partial charge in [-0.15, -0.1) is 0 Å². The van der Waals surface area contributed by atoms with Crippen LogP contribution in [-0.4, -0.2) is 72.0 Å². The number of hydrogen-bond donors (Lipinski definition) is 3. The Hall–Kier alpha value is -4.13. The second-order valence-corrected chi connectivity index (χ2v) is 10.8. The van der Waals surface area contributed by atoms with Gasteiger partial charge in [-0.3, -0.25) is 9.69 Å². The summed E-state index contributed by atoms with van der Waals surface area (Å²) in [7, 11) is 3.28. The number of ether oxygens (including phenoxy) is 1. The highest BCUT2D eigenvalue weighted by atomic mass is 35.5. The molecule has 1 saturated heterocycles. The molecule has 1 aliphatic heterocycles. The van der Waals surface area contributed by atoms with Crippen LogP contribution in [-0.2, 0) is 24.0 Å². The molecule has 0 radical (unpaired) electrons. The third-order valence-corrected chi connectivity index (χ3v) is 7.70. The number of carbonyl (C=O) groups excluding carboxylic acids is 2. The quantitative estimate of drug-likeness (QED) is 0.221. The summed E-state index contributed by atoms with van der Waals surface area (Å²) in [4.78, 5) is 36.1. The van der Waals surface area contributed by atoms with Crippen molar-refractivity contribution in [2.45, 2.75) is 19.3 Å². The third kappa shape index (κ3) is 7.27. The predicted octanol–water partition coefficient (Wildman–Crippen LogP) is 5.63. The van der Waals surface area contributed by atoms with Gasteiger partial charge in [0.15, 0.2) is 0 Å². The maximum absolute atomic E-state index is 14.0. The van der Waals surface area contributed by atoms with Crippen LogP contribution in [0, 0.1) is 0 Å². The SMILES string of the molecule is COC(=O)c1cc2cc(NCc3cc(NC(=O)c4ccc(CN5CCN(C)CC5)c(C(F)(F)F)c4)ccc3Cl)cnc2[nH]1. The molecule has 13 heteroatoms. The number of rotatable bonds is 8. The second kappa shape index (κ2) is 12.6. The summed E-state index contributed by atoms with van der Waals surface area (Å²) in [5, 5.41) is 7.02. The fraction of sp³-hybridized carbons (Fsp3) is 0.300. The van der Waals surface area contributed by atoms with Crippen molar-refractivity contribution in [1.82, 2.24) is 19.8 Å². The summed E-state index contributed by atoms with van der Waals surface area (Å²) >= 11 is 6.39. The highest BCUT2D eigenvalue weighted by Crippen LogP contribution is 2.34. The number of alkyl halides is 3. The molecule has 0 unspecified atom stereocenters. The van der Waals surface area contributed by atoms with E-state index in [4.69, 9.17) is 16.3 Å². The van der Waals surface area contributed by atoms with E-state index in [-0.39, 0.29) is 29.9 Å². The fourth-order valence-corrected chi connectivity index (χ4v) is 5.07. The van der Waals surface area contributed by atoms with Gasteiger partial charge in [-0.2, -0.15) is 13.2 Å². The van der Waals surface area contributed by atoms with Crippen LogP contribution in [0.25, 0.3) is 11.0 Å². The fourth-order valence-electron chi connectivity index (χ4n) is 4.89. The molecule has 5 rings (SSSR count). The molecule has 0 saturated carbocycles. The van der Waals surface area contributed by atoms with Crippen molar-refractivity contribution < 1.29 is 27.5 Å². The molecule has 3 heterocycles. The number of halogens is 4. The van der Waals surface area contributed by atoms with Gasteiger partial charge in [-0.1, -0.05) is 17.7 Å². The number of anilines is 2. The number of piperazine rings is 1. The lowest BCUT2D eigenvalue weighted by atomic mass is 10.0. The highest BCUT2D eigenvalue weighted by Gasteiger charge is 2.34. The summed E-state index contributed by atoms with van der Waals surface area (Å²) in [6, 6.07) is 12.0. The van der Waals surface area contributed by atoms with Crippen LogP contribution >= 0.6 is 11.6 Å². The summed E-state index contributed by atoms with van der Waals surface area (Å²) in [6.45, 7) is 3.36. The number of aromatic amines is 1. The number of esters is 1. The van der Waals surface area contributed by atoms with Crippen molar-refractivity contribution in [3.8, 4) is 0 Å². The maximum Gasteiger partial charge on any atom is 0.416 e. The van der Waals surface area contributed by atoms with E-state index in [9.17, 15) is 22.8 Å². The second-order valence-electron chi connectivity index (χ2n) is 10.4. The molecule has 1 fully saturated rings. The molecular formula is C30H30ClF3N6O3. The average Bonchev–Trinajstić information content (AvgIpc) is 3.41. The van der Waals surface area contributed by atoms with Gasteiger partial charge in [0.25, 0.3) is 5.91 Å². The first-order valence-corrected chi connectivity index (χ1v) is 13.9. The van der Waals surface area contributed by atoms with Crippen LogP contribution in [0.5, 0.6) is 0 Å². The van der Waals surface area contributed by atoms with Gasteiger partial charge in [0.2, 0.25) is 0 Å². The molecular weight excluding hydrogens is 585 g/mol. The smallest absolute Gasteiger partial charge is 0.416 e. The molecule has 9 nitrogen and oxygen atoms in total. The molecule has 1 aliphatic rings. The molecule has 226 valence electrons. The largest absolute Gasteiger partial charge is 0.464 e. The highest BCUT2D eigenvalue weighted by molar-refractivity contribution is 6.31. The Morgan fingerprint density at radius 3 is 2.51 bits per heavy atom. The number of hydrogen-bond acceptors (Lipinski definition) is 7. The predicted molar refractivity (Wildman–Crippen MR) is 158 cm³/mol.